The van der Waals surface area contributed by atoms with E-state index in [-0.39, 0.29) is 17.6 Å². The summed E-state index contributed by atoms with van der Waals surface area (Å²) in [6.45, 7) is 7.75. The van der Waals surface area contributed by atoms with Crippen LogP contribution in [-0.2, 0) is 4.74 Å². The van der Waals surface area contributed by atoms with Crippen molar-refractivity contribution in [2.45, 2.75) is 32.4 Å². The van der Waals surface area contributed by atoms with Crippen molar-refractivity contribution in [3.05, 3.63) is 35.9 Å². The molecule has 1 aliphatic rings. The van der Waals surface area contributed by atoms with E-state index in [1.54, 1.807) is 0 Å². The molecule has 1 fully saturated rings. The van der Waals surface area contributed by atoms with E-state index < -0.39 is 0 Å². The highest BCUT2D eigenvalue weighted by Gasteiger charge is 2.30. The third-order valence-corrected chi connectivity index (χ3v) is 3.06. The van der Waals surface area contributed by atoms with Gasteiger partial charge in [0.2, 0.25) is 0 Å². The number of hydrogen-bond acceptors (Lipinski definition) is 2. The molecule has 1 aromatic rings. The van der Waals surface area contributed by atoms with E-state index in [4.69, 9.17) is 4.74 Å². The molecular formula is C15H22N2O2. The second-order valence-electron chi connectivity index (χ2n) is 5.87. The normalized spacial score (nSPS) is 20.2. The maximum Gasteiger partial charge on any atom is 0.318 e. The molecule has 1 aliphatic heterocycles. The van der Waals surface area contributed by atoms with Crippen molar-refractivity contribution in [3.63, 3.8) is 0 Å². The van der Waals surface area contributed by atoms with Crippen molar-refractivity contribution in [2.75, 3.05) is 19.8 Å². The number of ether oxygens (including phenoxy) is 1. The van der Waals surface area contributed by atoms with Gasteiger partial charge in [-0.25, -0.2) is 4.79 Å². The van der Waals surface area contributed by atoms with Crippen LogP contribution in [-0.4, -0.2) is 36.2 Å². The molecule has 1 atom stereocenters. The van der Waals surface area contributed by atoms with Crippen LogP contribution in [0, 0.1) is 0 Å². The van der Waals surface area contributed by atoms with E-state index in [0.717, 1.165) is 5.56 Å². The quantitative estimate of drug-likeness (QED) is 0.845. The molecule has 1 aromatic carbocycles. The van der Waals surface area contributed by atoms with Gasteiger partial charge >= 0.3 is 6.03 Å². The topological polar surface area (TPSA) is 41.6 Å². The molecule has 4 nitrogen and oxygen atoms in total. The Morgan fingerprint density at radius 1 is 1.32 bits per heavy atom. The highest BCUT2D eigenvalue weighted by Crippen LogP contribution is 2.24. The smallest absolute Gasteiger partial charge is 0.318 e. The van der Waals surface area contributed by atoms with Gasteiger partial charge in [-0.3, -0.25) is 0 Å². The maximum absolute atomic E-state index is 12.4. The number of nitrogens with one attached hydrogen (secondary N) is 1. The second kappa shape index (κ2) is 5.61. The number of carbonyl (C=O) groups excluding carboxylic acids is 1. The minimum absolute atomic E-state index is 0.00250. The van der Waals surface area contributed by atoms with Crippen molar-refractivity contribution < 1.29 is 9.53 Å². The summed E-state index contributed by atoms with van der Waals surface area (Å²) < 4.78 is 5.53. The van der Waals surface area contributed by atoms with Crippen molar-refractivity contribution in [3.8, 4) is 0 Å². The standard InChI is InChI=1S/C15H22N2O2/c1-15(2,3)16-14(18)17-9-10-19-11-13(17)12-7-5-4-6-8-12/h4-8,13H,9-11H2,1-3H3,(H,16,18). The number of rotatable bonds is 1. The van der Waals surface area contributed by atoms with Gasteiger partial charge in [0.25, 0.3) is 0 Å². The first-order chi connectivity index (χ1) is 8.97. The SMILES string of the molecule is CC(C)(C)NC(=O)N1CCOCC1c1ccccc1. The van der Waals surface area contributed by atoms with Crippen molar-refractivity contribution >= 4 is 6.03 Å². The van der Waals surface area contributed by atoms with Gasteiger partial charge in [0, 0.05) is 12.1 Å². The van der Waals surface area contributed by atoms with Gasteiger partial charge in [-0.2, -0.15) is 0 Å². The lowest BCUT2D eigenvalue weighted by Crippen LogP contribution is -2.52. The average molecular weight is 262 g/mol. The lowest BCUT2D eigenvalue weighted by atomic mass is 10.0. The highest BCUT2D eigenvalue weighted by atomic mass is 16.5. The molecular weight excluding hydrogens is 240 g/mol. The maximum atomic E-state index is 12.4. The van der Waals surface area contributed by atoms with E-state index in [0.29, 0.717) is 19.8 Å². The van der Waals surface area contributed by atoms with Gasteiger partial charge in [0.05, 0.1) is 19.3 Å². The van der Waals surface area contributed by atoms with Gasteiger partial charge in [-0.15, -0.1) is 0 Å². The summed E-state index contributed by atoms with van der Waals surface area (Å²) in [6.07, 6.45) is 0. The molecule has 1 unspecified atom stereocenters. The number of carbonyl (C=O) groups is 1. The summed E-state index contributed by atoms with van der Waals surface area (Å²) in [5, 5.41) is 3.02. The number of benzene rings is 1. The van der Waals surface area contributed by atoms with Crippen LogP contribution in [0.3, 0.4) is 0 Å². The zero-order chi connectivity index (χ0) is 13.9. The summed E-state index contributed by atoms with van der Waals surface area (Å²) in [5.41, 5.74) is 0.891. The molecule has 0 aliphatic carbocycles. The first kappa shape index (κ1) is 13.9. The Labute approximate surface area is 114 Å². The number of urea groups is 1. The Bertz CT molecular complexity index is 426. The van der Waals surface area contributed by atoms with Crippen LogP contribution >= 0.6 is 0 Å². The first-order valence-corrected chi connectivity index (χ1v) is 6.69. The minimum Gasteiger partial charge on any atom is -0.377 e. The van der Waals surface area contributed by atoms with Crippen LogP contribution in [0.1, 0.15) is 32.4 Å². The van der Waals surface area contributed by atoms with Gasteiger partial charge in [0.15, 0.2) is 0 Å². The van der Waals surface area contributed by atoms with Crippen LogP contribution in [0.15, 0.2) is 30.3 Å². The fourth-order valence-electron chi connectivity index (χ4n) is 2.19. The zero-order valence-corrected chi connectivity index (χ0v) is 11.8. The summed E-state index contributed by atoms with van der Waals surface area (Å²) in [4.78, 5) is 14.2. The number of amides is 2. The molecule has 4 heteroatoms. The van der Waals surface area contributed by atoms with E-state index >= 15 is 0 Å². The van der Waals surface area contributed by atoms with Gasteiger partial charge < -0.3 is 15.0 Å². The van der Waals surface area contributed by atoms with Crippen LogP contribution in [0.4, 0.5) is 4.79 Å². The van der Waals surface area contributed by atoms with Crippen LogP contribution in [0.5, 0.6) is 0 Å². The summed E-state index contributed by atoms with van der Waals surface area (Å²) in [7, 11) is 0. The second-order valence-corrected chi connectivity index (χ2v) is 5.87. The largest absolute Gasteiger partial charge is 0.377 e. The van der Waals surface area contributed by atoms with Gasteiger partial charge in [-0.1, -0.05) is 30.3 Å². The summed E-state index contributed by atoms with van der Waals surface area (Å²) in [6, 6.07) is 10.0. The molecule has 0 saturated carbocycles. The molecule has 2 rings (SSSR count). The number of morpholine rings is 1. The van der Waals surface area contributed by atoms with E-state index in [9.17, 15) is 4.79 Å². The number of nitrogens with zero attached hydrogens (tertiary/aromatic N) is 1. The number of hydrogen-bond donors (Lipinski definition) is 1. The van der Waals surface area contributed by atoms with Crippen molar-refractivity contribution in [2.24, 2.45) is 0 Å². The van der Waals surface area contributed by atoms with E-state index in [1.807, 2.05) is 56.0 Å². The summed E-state index contributed by atoms with van der Waals surface area (Å²) in [5.74, 6) is 0. The molecule has 0 bridgehead atoms. The van der Waals surface area contributed by atoms with E-state index in [2.05, 4.69) is 5.32 Å². The third kappa shape index (κ3) is 3.70. The molecule has 0 spiro atoms. The molecule has 0 radical (unpaired) electrons. The predicted molar refractivity (Wildman–Crippen MR) is 75.0 cm³/mol. The monoisotopic (exact) mass is 262 g/mol. The molecule has 0 aromatic heterocycles. The lowest BCUT2D eigenvalue weighted by Gasteiger charge is -2.37. The highest BCUT2D eigenvalue weighted by molar-refractivity contribution is 5.75. The molecule has 104 valence electrons. The Balaban J connectivity index is 2.15. The molecule has 19 heavy (non-hydrogen) atoms. The average Bonchev–Trinajstić information content (AvgIpc) is 2.38. The third-order valence-electron chi connectivity index (χ3n) is 3.06. The fraction of sp³-hybridized carbons (Fsp3) is 0.533. The van der Waals surface area contributed by atoms with E-state index in [1.165, 1.54) is 0 Å². The molecule has 1 heterocycles. The Hall–Kier alpha value is -1.55. The minimum atomic E-state index is -0.226. The van der Waals surface area contributed by atoms with Gasteiger partial charge in [-0.05, 0) is 26.3 Å². The van der Waals surface area contributed by atoms with Crippen molar-refractivity contribution in [1.29, 1.82) is 0 Å². The van der Waals surface area contributed by atoms with Crippen LogP contribution in [0.25, 0.3) is 0 Å². The predicted octanol–water partition coefficient (Wildman–Crippen LogP) is 2.57. The first-order valence-electron chi connectivity index (χ1n) is 6.69. The summed E-state index contributed by atoms with van der Waals surface area (Å²) >= 11 is 0. The van der Waals surface area contributed by atoms with Gasteiger partial charge in [0.1, 0.15) is 0 Å². The fourth-order valence-corrected chi connectivity index (χ4v) is 2.19. The zero-order valence-electron chi connectivity index (χ0n) is 11.8. The van der Waals surface area contributed by atoms with Crippen LogP contribution < -0.4 is 5.32 Å². The molecule has 1 N–H and O–H groups in total. The Morgan fingerprint density at radius 2 is 2.00 bits per heavy atom. The Kier molecular flexibility index (Phi) is 4.10. The van der Waals surface area contributed by atoms with Crippen LogP contribution in [0.2, 0.25) is 0 Å². The Morgan fingerprint density at radius 3 is 2.63 bits per heavy atom. The molecule has 2 amide bonds. The molecule has 1 saturated heterocycles. The lowest BCUT2D eigenvalue weighted by molar-refractivity contribution is 0.0104. The van der Waals surface area contributed by atoms with Crippen molar-refractivity contribution in [1.82, 2.24) is 10.2 Å².